The summed E-state index contributed by atoms with van der Waals surface area (Å²) in [7, 11) is 0. The summed E-state index contributed by atoms with van der Waals surface area (Å²) in [5.41, 5.74) is 3.26. The molecule has 0 saturated carbocycles. The Morgan fingerprint density at radius 1 is 1.30 bits per heavy atom. The predicted octanol–water partition coefficient (Wildman–Crippen LogP) is 2.46. The zero-order valence-electron chi connectivity index (χ0n) is 12.4. The van der Waals surface area contributed by atoms with Crippen LogP contribution in [0.25, 0.3) is 0 Å². The molecule has 0 spiro atoms. The number of carbonyl (C=O) groups is 2. The molecule has 0 aliphatic heterocycles. The van der Waals surface area contributed by atoms with Crippen molar-refractivity contribution in [1.82, 2.24) is 5.32 Å². The third-order valence-corrected chi connectivity index (χ3v) is 3.48. The van der Waals surface area contributed by atoms with Crippen LogP contribution in [-0.2, 0) is 16.0 Å². The fourth-order valence-electron chi connectivity index (χ4n) is 2.09. The third kappa shape index (κ3) is 5.43. The van der Waals surface area contributed by atoms with Crippen LogP contribution in [0, 0.1) is 19.8 Å². The predicted molar refractivity (Wildman–Crippen MR) is 78.7 cm³/mol. The van der Waals surface area contributed by atoms with Crippen LogP contribution in [0.3, 0.4) is 0 Å². The lowest BCUT2D eigenvalue weighted by Crippen LogP contribution is -2.31. The van der Waals surface area contributed by atoms with Crippen LogP contribution in [-0.4, -0.2) is 23.5 Å². The van der Waals surface area contributed by atoms with E-state index in [2.05, 4.69) is 5.32 Å². The van der Waals surface area contributed by atoms with E-state index >= 15 is 0 Å². The van der Waals surface area contributed by atoms with E-state index < -0.39 is 5.97 Å². The van der Waals surface area contributed by atoms with Crippen LogP contribution < -0.4 is 5.32 Å². The van der Waals surface area contributed by atoms with Crippen molar-refractivity contribution >= 4 is 11.9 Å². The highest BCUT2D eigenvalue weighted by atomic mass is 16.4. The summed E-state index contributed by atoms with van der Waals surface area (Å²) in [6, 6.07) is 6.05. The first-order valence-electron chi connectivity index (χ1n) is 6.97. The second-order valence-corrected chi connectivity index (χ2v) is 5.28. The first-order chi connectivity index (χ1) is 9.42. The summed E-state index contributed by atoms with van der Waals surface area (Å²) in [5.74, 6) is -0.877. The van der Waals surface area contributed by atoms with Crippen LogP contribution >= 0.6 is 0 Å². The van der Waals surface area contributed by atoms with Crippen LogP contribution in [0.2, 0.25) is 0 Å². The number of carboxylic acid groups (broad SMARTS) is 1. The molecule has 0 aliphatic rings. The second-order valence-electron chi connectivity index (χ2n) is 5.28. The summed E-state index contributed by atoms with van der Waals surface area (Å²) in [6.45, 7) is 6.35. The van der Waals surface area contributed by atoms with E-state index in [9.17, 15) is 9.59 Å². The van der Waals surface area contributed by atoms with Crippen molar-refractivity contribution in [1.29, 1.82) is 0 Å². The molecule has 0 heterocycles. The van der Waals surface area contributed by atoms with E-state index in [0.717, 1.165) is 23.1 Å². The first kappa shape index (κ1) is 16.2. The molecule has 1 aromatic rings. The van der Waals surface area contributed by atoms with Gasteiger partial charge in [0.1, 0.15) is 0 Å². The van der Waals surface area contributed by atoms with E-state index in [-0.39, 0.29) is 18.2 Å². The molecule has 0 radical (unpaired) electrons. The van der Waals surface area contributed by atoms with Gasteiger partial charge in [-0.3, -0.25) is 9.59 Å². The SMILES string of the molecule is CCC(CNC(=O)Cc1cc(C)ccc1C)CC(=O)O. The molecule has 0 bridgehead atoms. The van der Waals surface area contributed by atoms with Crippen LogP contribution in [0.1, 0.15) is 36.5 Å². The quantitative estimate of drug-likeness (QED) is 0.804. The van der Waals surface area contributed by atoms with Gasteiger partial charge in [0.05, 0.1) is 6.42 Å². The summed E-state index contributed by atoms with van der Waals surface area (Å²) in [6.07, 6.45) is 1.19. The molecule has 2 N–H and O–H groups in total. The van der Waals surface area contributed by atoms with Gasteiger partial charge >= 0.3 is 5.97 Å². The molecular formula is C16H23NO3. The zero-order chi connectivity index (χ0) is 15.1. The Morgan fingerprint density at radius 2 is 2.00 bits per heavy atom. The van der Waals surface area contributed by atoms with E-state index in [4.69, 9.17) is 5.11 Å². The normalized spacial score (nSPS) is 11.9. The molecule has 110 valence electrons. The second kappa shape index (κ2) is 7.68. The van der Waals surface area contributed by atoms with Crippen molar-refractivity contribution in [2.75, 3.05) is 6.54 Å². The van der Waals surface area contributed by atoms with Crippen LogP contribution in [0.4, 0.5) is 0 Å². The number of hydrogen-bond donors (Lipinski definition) is 2. The Bertz CT molecular complexity index is 483. The molecule has 0 aliphatic carbocycles. The standard InChI is InChI=1S/C16H23NO3/c1-4-13(8-16(19)20)10-17-15(18)9-14-7-11(2)5-6-12(14)3/h5-7,13H,4,8-10H2,1-3H3,(H,17,18)(H,19,20). The first-order valence-corrected chi connectivity index (χ1v) is 6.97. The Balaban J connectivity index is 2.51. The highest BCUT2D eigenvalue weighted by Crippen LogP contribution is 2.12. The Kier molecular flexibility index (Phi) is 6.22. The number of hydrogen-bond acceptors (Lipinski definition) is 2. The van der Waals surface area contributed by atoms with Gasteiger partial charge in [-0.2, -0.15) is 0 Å². The molecule has 0 aromatic heterocycles. The lowest BCUT2D eigenvalue weighted by molar-refractivity contribution is -0.138. The molecular weight excluding hydrogens is 254 g/mol. The highest BCUT2D eigenvalue weighted by Gasteiger charge is 2.13. The fraction of sp³-hybridized carbons (Fsp3) is 0.500. The van der Waals surface area contributed by atoms with Gasteiger partial charge in [-0.25, -0.2) is 0 Å². The average molecular weight is 277 g/mol. The van der Waals surface area contributed by atoms with E-state index in [1.165, 1.54) is 0 Å². The summed E-state index contributed by atoms with van der Waals surface area (Å²) < 4.78 is 0. The monoisotopic (exact) mass is 277 g/mol. The topological polar surface area (TPSA) is 66.4 Å². The molecule has 1 atom stereocenters. The van der Waals surface area contributed by atoms with E-state index in [0.29, 0.717) is 13.0 Å². The largest absolute Gasteiger partial charge is 0.481 e. The van der Waals surface area contributed by atoms with Crippen molar-refractivity contribution < 1.29 is 14.7 Å². The number of aliphatic carboxylic acids is 1. The molecule has 4 heteroatoms. The molecule has 1 aromatic carbocycles. The Morgan fingerprint density at radius 3 is 2.60 bits per heavy atom. The number of aryl methyl sites for hydroxylation is 2. The fourth-order valence-corrected chi connectivity index (χ4v) is 2.09. The van der Waals surface area contributed by atoms with Gasteiger partial charge in [-0.15, -0.1) is 0 Å². The smallest absolute Gasteiger partial charge is 0.303 e. The van der Waals surface area contributed by atoms with Crippen LogP contribution in [0.5, 0.6) is 0 Å². The number of carboxylic acids is 1. The highest BCUT2D eigenvalue weighted by molar-refractivity contribution is 5.79. The molecule has 0 fully saturated rings. The lowest BCUT2D eigenvalue weighted by atomic mass is 10.0. The Labute approximate surface area is 120 Å². The summed E-state index contributed by atoms with van der Waals surface area (Å²) >= 11 is 0. The van der Waals surface area contributed by atoms with E-state index in [1.54, 1.807) is 0 Å². The van der Waals surface area contributed by atoms with Crippen molar-refractivity contribution in [3.05, 3.63) is 34.9 Å². The maximum atomic E-state index is 11.9. The van der Waals surface area contributed by atoms with Crippen molar-refractivity contribution in [3.63, 3.8) is 0 Å². The van der Waals surface area contributed by atoms with Gasteiger partial charge in [0.15, 0.2) is 0 Å². The van der Waals surface area contributed by atoms with Crippen LogP contribution in [0.15, 0.2) is 18.2 Å². The number of rotatable bonds is 7. The molecule has 4 nitrogen and oxygen atoms in total. The molecule has 0 saturated heterocycles. The number of amides is 1. The number of nitrogens with one attached hydrogen (secondary N) is 1. The van der Waals surface area contributed by atoms with Gasteiger partial charge < -0.3 is 10.4 Å². The minimum absolute atomic E-state index is 0.00458. The van der Waals surface area contributed by atoms with Gasteiger partial charge in [0.2, 0.25) is 5.91 Å². The molecule has 1 amide bonds. The lowest BCUT2D eigenvalue weighted by Gasteiger charge is -2.14. The molecule has 20 heavy (non-hydrogen) atoms. The maximum absolute atomic E-state index is 11.9. The van der Waals surface area contributed by atoms with Gasteiger partial charge in [0.25, 0.3) is 0 Å². The third-order valence-electron chi connectivity index (χ3n) is 3.48. The van der Waals surface area contributed by atoms with Gasteiger partial charge in [0, 0.05) is 13.0 Å². The van der Waals surface area contributed by atoms with Crippen molar-refractivity contribution in [2.45, 2.75) is 40.0 Å². The molecule has 1 unspecified atom stereocenters. The van der Waals surface area contributed by atoms with Crippen molar-refractivity contribution in [3.8, 4) is 0 Å². The summed E-state index contributed by atoms with van der Waals surface area (Å²) in [4.78, 5) is 22.6. The van der Waals surface area contributed by atoms with Gasteiger partial charge in [-0.05, 0) is 30.9 Å². The zero-order valence-corrected chi connectivity index (χ0v) is 12.4. The van der Waals surface area contributed by atoms with Gasteiger partial charge in [-0.1, -0.05) is 37.1 Å². The number of carbonyl (C=O) groups excluding carboxylic acids is 1. The minimum atomic E-state index is -0.819. The van der Waals surface area contributed by atoms with E-state index in [1.807, 2.05) is 39.0 Å². The average Bonchev–Trinajstić information content (AvgIpc) is 2.38. The van der Waals surface area contributed by atoms with Crippen molar-refractivity contribution in [2.24, 2.45) is 5.92 Å². The minimum Gasteiger partial charge on any atom is -0.481 e. The molecule has 1 rings (SSSR count). The Hall–Kier alpha value is -1.84. The summed E-state index contributed by atoms with van der Waals surface area (Å²) in [5, 5.41) is 11.6. The number of benzene rings is 1. The maximum Gasteiger partial charge on any atom is 0.303 e.